The Labute approximate surface area is 138 Å². The number of piperazine rings is 1. The van der Waals surface area contributed by atoms with Crippen molar-refractivity contribution in [2.24, 2.45) is 13.0 Å². The van der Waals surface area contributed by atoms with E-state index in [9.17, 15) is 9.59 Å². The summed E-state index contributed by atoms with van der Waals surface area (Å²) in [6.07, 6.45) is 1.40. The minimum Gasteiger partial charge on any atom is -0.449 e. The van der Waals surface area contributed by atoms with Gasteiger partial charge in [-0.25, -0.2) is 9.48 Å². The summed E-state index contributed by atoms with van der Waals surface area (Å²) in [6, 6.07) is 0. The molecule has 0 spiro atoms. The van der Waals surface area contributed by atoms with Crippen molar-refractivity contribution in [2.45, 2.75) is 13.8 Å². The third-order valence-electron chi connectivity index (χ3n) is 3.48. The molecule has 0 aliphatic carbocycles. The molecule has 0 radical (unpaired) electrons. The molecule has 1 aliphatic rings. The molecule has 1 aromatic rings. The summed E-state index contributed by atoms with van der Waals surface area (Å²) >= 11 is 3.33. The van der Waals surface area contributed by atoms with Crippen molar-refractivity contribution in [3.8, 4) is 0 Å². The molecule has 122 valence electrons. The van der Waals surface area contributed by atoms with Crippen molar-refractivity contribution in [2.75, 3.05) is 37.7 Å². The van der Waals surface area contributed by atoms with Crippen molar-refractivity contribution in [3.63, 3.8) is 0 Å². The van der Waals surface area contributed by atoms with E-state index in [1.807, 2.05) is 18.7 Å². The van der Waals surface area contributed by atoms with Crippen LogP contribution < -0.4 is 10.5 Å². The molecule has 7 nitrogen and oxygen atoms in total. The van der Waals surface area contributed by atoms with Gasteiger partial charge in [0.1, 0.15) is 4.47 Å². The highest BCUT2D eigenvalue weighted by atomic mass is 79.9. The maximum Gasteiger partial charge on any atom is 0.409 e. The SMILES string of the molecule is CC(C)COC(=O)N1CCN(c2cnn(C)c(=O)c2Br)CC1. The molecule has 0 unspecified atom stereocenters. The van der Waals surface area contributed by atoms with Crippen LogP contribution in [0.15, 0.2) is 15.5 Å². The summed E-state index contributed by atoms with van der Waals surface area (Å²) in [4.78, 5) is 27.6. The molecule has 22 heavy (non-hydrogen) atoms. The number of nitrogens with zero attached hydrogens (tertiary/aromatic N) is 4. The molecule has 1 fully saturated rings. The summed E-state index contributed by atoms with van der Waals surface area (Å²) in [6.45, 7) is 6.87. The zero-order chi connectivity index (χ0) is 16.3. The second kappa shape index (κ2) is 7.13. The second-order valence-corrected chi connectivity index (χ2v) is 6.51. The number of aromatic nitrogens is 2. The Balaban J connectivity index is 1.96. The molecule has 1 aliphatic heterocycles. The number of anilines is 1. The largest absolute Gasteiger partial charge is 0.449 e. The van der Waals surface area contributed by atoms with Crippen molar-refractivity contribution in [1.82, 2.24) is 14.7 Å². The van der Waals surface area contributed by atoms with Gasteiger partial charge in [0.25, 0.3) is 5.56 Å². The molecule has 1 saturated heterocycles. The molecule has 2 heterocycles. The van der Waals surface area contributed by atoms with Crippen molar-refractivity contribution in [3.05, 3.63) is 21.0 Å². The topological polar surface area (TPSA) is 67.7 Å². The predicted molar refractivity (Wildman–Crippen MR) is 87.2 cm³/mol. The van der Waals surface area contributed by atoms with Gasteiger partial charge in [-0.1, -0.05) is 13.8 Å². The number of amides is 1. The Morgan fingerprint density at radius 1 is 1.36 bits per heavy atom. The second-order valence-electron chi connectivity index (χ2n) is 5.72. The minimum atomic E-state index is -0.269. The van der Waals surface area contributed by atoms with E-state index in [-0.39, 0.29) is 11.7 Å². The third kappa shape index (κ3) is 3.79. The van der Waals surface area contributed by atoms with Crippen LogP contribution in [-0.4, -0.2) is 53.6 Å². The van der Waals surface area contributed by atoms with Gasteiger partial charge in [-0.05, 0) is 21.8 Å². The lowest BCUT2D eigenvalue weighted by Crippen LogP contribution is -2.49. The molecule has 8 heteroatoms. The van der Waals surface area contributed by atoms with E-state index >= 15 is 0 Å². The van der Waals surface area contributed by atoms with Crippen LogP contribution in [0.1, 0.15) is 13.8 Å². The molecule has 1 amide bonds. The van der Waals surface area contributed by atoms with E-state index in [1.165, 1.54) is 4.68 Å². The summed E-state index contributed by atoms with van der Waals surface area (Å²) in [5.41, 5.74) is 0.592. The molecule has 0 N–H and O–H groups in total. The number of rotatable bonds is 3. The van der Waals surface area contributed by atoms with E-state index in [1.54, 1.807) is 18.1 Å². The first-order valence-electron chi connectivity index (χ1n) is 7.28. The van der Waals surface area contributed by atoms with Crippen molar-refractivity contribution < 1.29 is 9.53 Å². The monoisotopic (exact) mass is 372 g/mol. The Hall–Kier alpha value is -1.57. The number of hydrogen-bond donors (Lipinski definition) is 0. The highest BCUT2D eigenvalue weighted by Gasteiger charge is 2.24. The number of halogens is 1. The number of carbonyl (C=O) groups is 1. The molecule has 2 rings (SSSR count). The average Bonchev–Trinajstić information content (AvgIpc) is 2.51. The van der Waals surface area contributed by atoms with Gasteiger partial charge in [-0.2, -0.15) is 5.10 Å². The minimum absolute atomic E-state index is 0.170. The molecule has 0 saturated carbocycles. The summed E-state index contributed by atoms with van der Waals surface area (Å²) in [7, 11) is 1.61. The summed E-state index contributed by atoms with van der Waals surface area (Å²) in [5, 5.41) is 4.04. The molecule has 1 aromatic heterocycles. The summed E-state index contributed by atoms with van der Waals surface area (Å²) < 4.78 is 7.02. The van der Waals surface area contributed by atoms with Gasteiger partial charge in [-0.3, -0.25) is 4.79 Å². The van der Waals surface area contributed by atoms with Crippen LogP contribution in [0.3, 0.4) is 0 Å². The molecular formula is C14H21BrN4O3. The zero-order valence-corrected chi connectivity index (χ0v) is 14.7. The number of hydrogen-bond acceptors (Lipinski definition) is 5. The maximum absolute atomic E-state index is 11.9. The lowest BCUT2D eigenvalue weighted by molar-refractivity contribution is 0.0901. The van der Waals surface area contributed by atoms with E-state index in [0.717, 1.165) is 5.69 Å². The van der Waals surface area contributed by atoms with Crippen LogP contribution in [0.4, 0.5) is 10.5 Å². The van der Waals surface area contributed by atoms with Gasteiger partial charge >= 0.3 is 6.09 Å². The van der Waals surface area contributed by atoms with Crippen LogP contribution in [0, 0.1) is 5.92 Å². The van der Waals surface area contributed by atoms with Crippen LogP contribution in [0.2, 0.25) is 0 Å². The van der Waals surface area contributed by atoms with E-state index in [2.05, 4.69) is 21.0 Å². The van der Waals surface area contributed by atoms with E-state index in [0.29, 0.717) is 43.2 Å². The van der Waals surface area contributed by atoms with Gasteiger partial charge in [0.05, 0.1) is 18.5 Å². The van der Waals surface area contributed by atoms with E-state index in [4.69, 9.17) is 4.74 Å². The quantitative estimate of drug-likeness (QED) is 0.803. The van der Waals surface area contributed by atoms with Gasteiger partial charge in [-0.15, -0.1) is 0 Å². The standard InChI is InChI=1S/C14H21BrN4O3/c1-10(2)9-22-14(21)19-6-4-18(5-7-19)11-8-16-17(3)13(20)12(11)15/h8,10H,4-7,9H2,1-3H3. The summed E-state index contributed by atoms with van der Waals surface area (Å²) in [5.74, 6) is 0.327. The van der Waals surface area contributed by atoms with Crippen molar-refractivity contribution in [1.29, 1.82) is 0 Å². The van der Waals surface area contributed by atoms with Gasteiger partial charge in [0.2, 0.25) is 0 Å². The van der Waals surface area contributed by atoms with Gasteiger partial charge in [0, 0.05) is 33.2 Å². The highest BCUT2D eigenvalue weighted by molar-refractivity contribution is 9.10. The zero-order valence-electron chi connectivity index (χ0n) is 13.1. The number of aryl methyl sites for hydroxylation is 1. The number of carbonyl (C=O) groups excluding carboxylic acids is 1. The fourth-order valence-electron chi connectivity index (χ4n) is 2.18. The van der Waals surface area contributed by atoms with Gasteiger partial charge in [0.15, 0.2) is 0 Å². The normalized spacial score (nSPS) is 15.3. The fraction of sp³-hybridized carbons (Fsp3) is 0.643. The number of ether oxygens (including phenoxy) is 1. The third-order valence-corrected chi connectivity index (χ3v) is 4.22. The average molecular weight is 373 g/mol. The molecule has 0 bridgehead atoms. The predicted octanol–water partition coefficient (Wildman–Crippen LogP) is 1.46. The van der Waals surface area contributed by atoms with Gasteiger partial charge < -0.3 is 14.5 Å². The Morgan fingerprint density at radius 2 is 2.00 bits per heavy atom. The lowest BCUT2D eigenvalue weighted by Gasteiger charge is -2.35. The molecule has 0 atom stereocenters. The Morgan fingerprint density at radius 3 is 2.59 bits per heavy atom. The maximum atomic E-state index is 11.9. The molecule has 0 aromatic carbocycles. The molecular weight excluding hydrogens is 352 g/mol. The van der Waals surface area contributed by atoms with Crippen LogP contribution >= 0.6 is 15.9 Å². The smallest absolute Gasteiger partial charge is 0.409 e. The Bertz CT molecular complexity index is 594. The highest BCUT2D eigenvalue weighted by Crippen LogP contribution is 2.22. The fourth-order valence-corrected chi connectivity index (χ4v) is 2.79. The first kappa shape index (κ1) is 16.8. The lowest BCUT2D eigenvalue weighted by atomic mass is 10.2. The first-order chi connectivity index (χ1) is 10.4. The van der Waals surface area contributed by atoms with E-state index < -0.39 is 0 Å². The van der Waals surface area contributed by atoms with Crippen LogP contribution in [0.5, 0.6) is 0 Å². The van der Waals surface area contributed by atoms with Crippen molar-refractivity contribution >= 4 is 27.7 Å². The van der Waals surface area contributed by atoms with Crippen LogP contribution in [0.25, 0.3) is 0 Å². The van der Waals surface area contributed by atoms with Crippen LogP contribution in [-0.2, 0) is 11.8 Å². The Kier molecular flexibility index (Phi) is 5.44. The first-order valence-corrected chi connectivity index (χ1v) is 8.08.